The van der Waals surface area contributed by atoms with Crippen molar-refractivity contribution in [1.29, 1.82) is 5.26 Å². The van der Waals surface area contributed by atoms with Gasteiger partial charge in [0.25, 0.3) is 0 Å². The number of aromatic nitrogens is 4. The topological polar surface area (TPSA) is 78.2 Å². The molecule has 0 bridgehead atoms. The van der Waals surface area contributed by atoms with E-state index >= 15 is 0 Å². The van der Waals surface area contributed by atoms with E-state index in [0.29, 0.717) is 21.9 Å². The van der Waals surface area contributed by atoms with Crippen molar-refractivity contribution >= 4 is 28.7 Å². The highest BCUT2D eigenvalue weighted by molar-refractivity contribution is 6.34. The van der Waals surface area contributed by atoms with Crippen molar-refractivity contribution in [2.45, 2.75) is 0 Å². The molecule has 0 aliphatic heterocycles. The molecule has 2 heterocycles. The lowest BCUT2D eigenvalue weighted by molar-refractivity contribution is 1.08. The second-order valence-corrected chi connectivity index (χ2v) is 2.82. The Morgan fingerprint density at radius 2 is 2.36 bits per heavy atom. The number of allylic oxidation sites excluding steroid dienone is 1. The van der Waals surface area contributed by atoms with Crippen molar-refractivity contribution in [3.63, 3.8) is 0 Å². The molecule has 0 fully saturated rings. The maximum absolute atomic E-state index is 8.37. The first-order valence-corrected chi connectivity index (χ1v) is 4.11. The average molecular weight is 206 g/mol. The quantitative estimate of drug-likeness (QED) is 0.566. The number of hydrogen-bond donors (Lipinski definition) is 1. The van der Waals surface area contributed by atoms with Crippen molar-refractivity contribution in [1.82, 2.24) is 20.2 Å². The summed E-state index contributed by atoms with van der Waals surface area (Å²) < 4.78 is 0. The molecule has 2 rings (SSSR count). The normalized spacial score (nSPS) is 10.9. The highest BCUT2D eigenvalue weighted by atomic mass is 35.5. The Bertz CT molecular complexity index is 536. The van der Waals surface area contributed by atoms with Crippen LogP contribution in [-0.2, 0) is 0 Å². The summed E-state index contributed by atoms with van der Waals surface area (Å²) in [5.74, 6) is 0. The highest BCUT2D eigenvalue weighted by Crippen LogP contribution is 2.21. The molecule has 2 aromatic rings. The summed E-state index contributed by atoms with van der Waals surface area (Å²) in [5.41, 5.74) is 1.12. The Balaban J connectivity index is 2.68. The van der Waals surface area contributed by atoms with Crippen LogP contribution in [0, 0.1) is 11.3 Å². The first kappa shape index (κ1) is 8.66. The van der Waals surface area contributed by atoms with E-state index < -0.39 is 0 Å². The van der Waals surface area contributed by atoms with Gasteiger partial charge in [-0.05, 0) is 6.08 Å². The van der Waals surface area contributed by atoms with E-state index in [9.17, 15) is 0 Å². The molecule has 0 aliphatic carbocycles. The molecule has 5 nitrogen and oxygen atoms in total. The lowest BCUT2D eigenvalue weighted by Crippen LogP contribution is -1.81. The van der Waals surface area contributed by atoms with Gasteiger partial charge in [0.05, 0.1) is 17.1 Å². The standard InChI is InChI=1S/C8H4ClN5/c9-7-6-5(2-1-3-10)13-14-8(6)12-4-11-7/h1-2,4H,(H,11,12,13,14). The van der Waals surface area contributed by atoms with Gasteiger partial charge < -0.3 is 0 Å². The Morgan fingerprint density at radius 1 is 1.50 bits per heavy atom. The third-order valence-corrected chi connectivity index (χ3v) is 1.94. The minimum absolute atomic E-state index is 0.321. The fraction of sp³-hybridized carbons (Fsp3) is 0. The van der Waals surface area contributed by atoms with Crippen LogP contribution in [0.2, 0.25) is 5.15 Å². The summed E-state index contributed by atoms with van der Waals surface area (Å²) in [6.07, 6.45) is 4.24. The van der Waals surface area contributed by atoms with E-state index in [1.807, 2.05) is 6.07 Å². The molecule has 0 amide bonds. The Kier molecular flexibility index (Phi) is 2.13. The summed E-state index contributed by atoms with van der Waals surface area (Å²) in [6.45, 7) is 0. The Morgan fingerprint density at radius 3 is 3.14 bits per heavy atom. The van der Waals surface area contributed by atoms with Crippen LogP contribution in [0.3, 0.4) is 0 Å². The van der Waals surface area contributed by atoms with E-state index in [1.165, 1.54) is 12.4 Å². The smallest absolute Gasteiger partial charge is 0.186 e. The van der Waals surface area contributed by atoms with Crippen molar-refractivity contribution in [3.05, 3.63) is 23.3 Å². The van der Waals surface area contributed by atoms with Crippen molar-refractivity contribution in [2.24, 2.45) is 0 Å². The average Bonchev–Trinajstić information content (AvgIpc) is 2.59. The fourth-order valence-corrected chi connectivity index (χ4v) is 1.31. The summed E-state index contributed by atoms with van der Waals surface area (Å²) >= 11 is 5.85. The summed E-state index contributed by atoms with van der Waals surface area (Å²) in [7, 11) is 0. The van der Waals surface area contributed by atoms with Crippen LogP contribution in [0.1, 0.15) is 5.69 Å². The van der Waals surface area contributed by atoms with Crippen LogP contribution in [0.25, 0.3) is 17.1 Å². The maximum atomic E-state index is 8.37. The molecular formula is C8H4ClN5. The van der Waals surface area contributed by atoms with Gasteiger partial charge >= 0.3 is 0 Å². The number of nitriles is 1. The van der Waals surface area contributed by atoms with Gasteiger partial charge in [-0.3, -0.25) is 5.10 Å². The number of halogens is 1. The molecule has 1 N–H and O–H groups in total. The minimum Gasteiger partial charge on any atom is -0.275 e. The van der Waals surface area contributed by atoms with E-state index in [1.54, 1.807) is 6.08 Å². The molecule has 14 heavy (non-hydrogen) atoms. The minimum atomic E-state index is 0.321. The number of fused-ring (bicyclic) bond motifs is 1. The number of nitrogens with one attached hydrogen (secondary N) is 1. The monoisotopic (exact) mass is 205 g/mol. The maximum Gasteiger partial charge on any atom is 0.186 e. The lowest BCUT2D eigenvalue weighted by Gasteiger charge is -1.90. The predicted molar refractivity (Wildman–Crippen MR) is 51.3 cm³/mol. The molecule has 0 saturated carbocycles. The second-order valence-electron chi connectivity index (χ2n) is 2.46. The Hall–Kier alpha value is -1.93. The molecule has 0 radical (unpaired) electrons. The molecule has 0 atom stereocenters. The van der Waals surface area contributed by atoms with Gasteiger partial charge in [0, 0.05) is 6.08 Å². The van der Waals surface area contributed by atoms with Crippen molar-refractivity contribution in [3.8, 4) is 6.07 Å². The zero-order chi connectivity index (χ0) is 9.97. The lowest BCUT2D eigenvalue weighted by atomic mass is 10.3. The fourth-order valence-electron chi connectivity index (χ4n) is 1.08. The molecule has 68 valence electrons. The number of rotatable bonds is 1. The molecular weight excluding hydrogens is 202 g/mol. The van der Waals surface area contributed by atoms with Crippen LogP contribution < -0.4 is 0 Å². The van der Waals surface area contributed by atoms with Crippen molar-refractivity contribution in [2.75, 3.05) is 0 Å². The van der Waals surface area contributed by atoms with Crippen molar-refractivity contribution < 1.29 is 0 Å². The number of nitrogens with zero attached hydrogens (tertiary/aromatic N) is 4. The molecule has 0 spiro atoms. The van der Waals surface area contributed by atoms with Gasteiger partial charge in [0.15, 0.2) is 5.65 Å². The van der Waals surface area contributed by atoms with Gasteiger partial charge in [-0.1, -0.05) is 11.6 Å². The zero-order valence-corrected chi connectivity index (χ0v) is 7.65. The molecule has 0 aliphatic rings. The van der Waals surface area contributed by atoms with Gasteiger partial charge in [-0.2, -0.15) is 10.4 Å². The number of aromatic amines is 1. The molecule has 0 saturated heterocycles. The van der Waals surface area contributed by atoms with Crippen LogP contribution in [0.4, 0.5) is 0 Å². The third kappa shape index (κ3) is 1.32. The molecule has 0 aromatic carbocycles. The number of hydrogen-bond acceptors (Lipinski definition) is 4. The van der Waals surface area contributed by atoms with Gasteiger partial charge in [0.2, 0.25) is 0 Å². The first-order chi connectivity index (χ1) is 6.83. The largest absolute Gasteiger partial charge is 0.275 e. The SMILES string of the molecule is N#CC=Cc1[nH]nc2ncnc(Cl)c12. The predicted octanol–water partition coefficient (Wildman–Crippen LogP) is 1.54. The highest BCUT2D eigenvalue weighted by Gasteiger charge is 2.08. The molecule has 2 aromatic heterocycles. The Labute approximate surface area is 84.1 Å². The van der Waals surface area contributed by atoms with Crippen LogP contribution in [-0.4, -0.2) is 20.2 Å². The van der Waals surface area contributed by atoms with Gasteiger partial charge in [-0.15, -0.1) is 0 Å². The van der Waals surface area contributed by atoms with Crippen LogP contribution in [0.5, 0.6) is 0 Å². The summed E-state index contributed by atoms with van der Waals surface area (Å²) in [4.78, 5) is 7.74. The van der Waals surface area contributed by atoms with Crippen LogP contribution in [0.15, 0.2) is 12.4 Å². The van der Waals surface area contributed by atoms with E-state index in [-0.39, 0.29) is 0 Å². The van der Waals surface area contributed by atoms with Crippen LogP contribution >= 0.6 is 11.6 Å². The van der Waals surface area contributed by atoms with E-state index in [0.717, 1.165) is 0 Å². The van der Waals surface area contributed by atoms with E-state index in [4.69, 9.17) is 16.9 Å². The third-order valence-electron chi connectivity index (χ3n) is 1.66. The molecule has 0 unspecified atom stereocenters. The second kappa shape index (κ2) is 3.44. The van der Waals surface area contributed by atoms with Gasteiger partial charge in [-0.25, -0.2) is 9.97 Å². The zero-order valence-electron chi connectivity index (χ0n) is 6.90. The van der Waals surface area contributed by atoms with Gasteiger partial charge in [0.1, 0.15) is 11.5 Å². The summed E-state index contributed by atoms with van der Waals surface area (Å²) in [6, 6.07) is 1.88. The first-order valence-electron chi connectivity index (χ1n) is 3.73. The summed E-state index contributed by atoms with van der Waals surface area (Å²) in [5, 5.41) is 15.9. The van der Waals surface area contributed by atoms with E-state index in [2.05, 4.69) is 20.2 Å². The molecule has 6 heteroatoms. The number of H-pyrrole nitrogens is 1.